The molecule has 0 aromatic heterocycles. The molecule has 0 fully saturated rings. The number of benzene rings is 2. The Bertz CT molecular complexity index is 722. The Morgan fingerprint density at radius 1 is 1.00 bits per heavy atom. The SMILES string of the molecule is COC(=O)C(CCc1ccccc1)C(=O)c1ccc(C(F)(F)F)cc1. The molecule has 2 rings (SSSR count). The second kappa shape index (κ2) is 7.96. The number of hydrogen-bond donors (Lipinski definition) is 0. The van der Waals surface area contributed by atoms with Gasteiger partial charge in [-0.2, -0.15) is 13.2 Å². The maximum atomic E-state index is 12.6. The van der Waals surface area contributed by atoms with Crippen molar-refractivity contribution in [3.05, 3.63) is 71.3 Å². The molecular formula is C19H17F3O3. The maximum Gasteiger partial charge on any atom is 0.416 e. The van der Waals surface area contributed by atoms with E-state index in [9.17, 15) is 22.8 Å². The molecule has 3 nitrogen and oxygen atoms in total. The highest BCUT2D eigenvalue weighted by molar-refractivity contribution is 6.08. The van der Waals surface area contributed by atoms with Gasteiger partial charge in [0.1, 0.15) is 5.92 Å². The lowest BCUT2D eigenvalue weighted by Crippen LogP contribution is -2.26. The van der Waals surface area contributed by atoms with Gasteiger partial charge in [-0.25, -0.2) is 0 Å². The molecule has 2 aromatic rings. The monoisotopic (exact) mass is 350 g/mol. The van der Waals surface area contributed by atoms with Crippen LogP contribution in [0.4, 0.5) is 13.2 Å². The first-order chi connectivity index (χ1) is 11.8. The summed E-state index contributed by atoms with van der Waals surface area (Å²) in [7, 11) is 1.18. The highest BCUT2D eigenvalue weighted by Gasteiger charge is 2.32. The molecule has 0 heterocycles. The molecule has 0 radical (unpaired) electrons. The predicted octanol–water partition coefficient (Wildman–Crippen LogP) is 4.31. The molecule has 0 aliphatic rings. The molecule has 0 amide bonds. The first-order valence-corrected chi connectivity index (χ1v) is 7.66. The molecule has 0 saturated heterocycles. The third kappa shape index (κ3) is 4.92. The number of hydrogen-bond acceptors (Lipinski definition) is 3. The van der Waals surface area contributed by atoms with Gasteiger partial charge < -0.3 is 4.74 Å². The summed E-state index contributed by atoms with van der Waals surface area (Å²) in [5.74, 6) is -2.29. The van der Waals surface area contributed by atoms with E-state index in [0.29, 0.717) is 6.42 Å². The zero-order valence-electron chi connectivity index (χ0n) is 13.5. The second-order valence-corrected chi connectivity index (χ2v) is 5.54. The van der Waals surface area contributed by atoms with Crippen molar-refractivity contribution in [2.45, 2.75) is 19.0 Å². The fourth-order valence-corrected chi connectivity index (χ4v) is 2.48. The number of carbonyl (C=O) groups is 2. The Hall–Kier alpha value is -2.63. The average Bonchev–Trinajstić information content (AvgIpc) is 2.61. The standard InChI is InChI=1S/C19H17F3O3/c1-25-18(24)16(12-7-13-5-3-2-4-6-13)17(23)14-8-10-15(11-9-14)19(20,21)22/h2-6,8-11,16H,7,12H2,1H3. The van der Waals surface area contributed by atoms with E-state index in [4.69, 9.17) is 0 Å². The normalized spacial score (nSPS) is 12.5. The van der Waals surface area contributed by atoms with Gasteiger partial charge in [-0.1, -0.05) is 42.5 Å². The van der Waals surface area contributed by atoms with Crippen molar-refractivity contribution in [2.75, 3.05) is 7.11 Å². The number of Topliss-reactive ketones (excluding diaryl/α,β-unsaturated/α-hetero) is 1. The van der Waals surface area contributed by atoms with E-state index in [-0.39, 0.29) is 12.0 Å². The highest BCUT2D eigenvalue weighted by Crippen LogP contribution is 2.29. The lowest BCUT2D eigenvalue weighted by Gasteiger charge is -2.14. The number of ketones is 1. The van der Waals surface area contributed by atoms with E-state index < -0.39 is 29.4 Å². The van der Waals surface area contributed by atoms with Crippen molar-refractivity contribution in [1.82, 2.24) is 0 Å². The molecule has 25 heavy (non-hydrogen) atoms. The molecule has 0 saturated carbocycles. The van der Waals surface area contributed by atoms with E-state index in [1.165, 1.54) is 7.11 Å². The minimum atomic E-state index is -4.48. The third-order valence-electron chi connectivity index (χ3n) is 3.86. The zero-order valence-corrected chi connectivity index (χ0v) is 13.5. The fraction of sp³-hybridized carbons (Fsp3) is 0.263. The van der Waals surface area contributed by atoms with Gasteiger partial charge in [0.25, 0.3) is 0 Å². The number of methoxy groups -OCH3 is 1. The van der Waals surface area contributed by atoms with E-state index in [1.54, 1.807) is 0 Å². The minimum absolute atomic E-state index is 0.0523. The van der Waals surface area contributed by atoms with Crippen LogP contribution in [0.1, 0.15) is 27.9 Å². The predicted molar refractivity (Wildman–Crippen MR) is 86.0 cm³/mol. The summed E-state index contributed by atoms with van der Waals surface area (Å²) in [4.78, 5) is 24.5. The summed E-state index contributed by atoms with van der Waals surface area (Å²) < 4.78 is 42.5. The fourth-order valence-electron chi connectivity index (χ4n) is 2.48. The van der Waals surface area contributed by atoms with Crippen LogP contribution in [0.15, 0.2) is 54.6 Å². The van der Waals surface area contributed by atoms with Crippen molar-refractivity contribution < 1.29 is 27.5 Å². The summed E-state index contributed by atoms with van der Waals surface area (Å²) in [6, 6.07) is 13.1. The van der Waals surface area contributed by atoms with Gasteiger partial charge in [-0.05, 0) is 30.5 Å². The summed E-state index contributed by atoms with van der Waals surface area (Å²) in [6.45, 7) is 0. The summed E-state index contributed by atoms with van der Waals surface area (Å²) >= 11 is 0. The molecule has 2 aromatic carbocycles. The first kappa shape index (κ1) is 18.7. The number of esters is 1. The van der Waals surface area contributed by atoms with Crippen molar-refractivity contribution in [3.63, 3.8) is 0 Å². The molecule has 0 aliphatic heterocycles. The molecule has 1 atom stereocenters. The van der Waals surface area contributed by atoms with E-state index in [2.05, 4.69) is 4.74 Å². The van der Waals surface area contributed by atoms with Gasteiger partial charge in [0.15, 0.2) is 5.78 Å². The van der Waals surface area contributed by atoms with Gasteiger partial charge in [0.05, 0.1) is 12.7 Å². The van der Waals surface area contributed by atoms with Crippen molar-refractivity contribution in [3.8, 4) is 0 Å². The number of aryl methyl sites for hydroxylation is 1. The van der Waals surface area contributed by atoms with E-state index in [1.807, 2.05) is 30.3 Å². The maximum absolute atomic E-state index is 12.6. The van der Waals surface area contributed by atoms with Crippen LogP contribution < -0.4 is 0 Å². The number of rotatable bonds is 6. The van der Waals surface area contributed by atoms with Crippen molar-refractivity contribution in [1.29, 1.82) is 0 Å². The first-order valence-electron chi connectivity index (χ1n) is 7.66. The minimum Gasteiger partial charge on any atom is -0.468 e. The molecule has 0 spiro atoms. The topological polar surface area (TPSA) is 43.4 Å². The van der Waals surface area contributed by atoms with Crippen LogP contribution >= 0.6 is 0 Å². The molecule has 6 heteroatoms. The lowest BCUT2D eigenvalue weighted by molar-refractivity contribution is -0.144. The number of alkyl halides is 3. The molecular weight excluding hydrogens is 333 g/mol. The second-order valence-electron chi connectivity index (χ2n) is 5.54. The van der Waals surface area contributed by atoms with Crippen LogP contribution in [-0.4, -0.2) is 18.9 Å². The van der Waals surface area contributed by atoms with Crippen LogP contribution in [0.25, 0.3) is 0 Å². The zero-order chi connectivity index (χ0) is 18.4. The summed E-state index contributed by atoms with van der Waals surface area (Å²) in [5, 5.41) is 0. The van der Waals surface area contributed by atoms with Gasteiger partial charge in [0.2, 0.25) is 0 Å². The van der Waals surface area contributed by atoms with Gasteiger partial charge in [-0.3, -0.25) is 9.59 Å². The quantitative estimate of drug-likeness (QED) is 0.443. The molecule has 1 unspecified atom stereocenters. The van der Waals surface area contributed by atoms with Crippen LogP contribution in [0.5, 0.6) is 0 Å². The third-order valence-corrected chi connectivity index (χ3v) is 3.86. The molecule has 0 N–H and O–H groups in total. The summed E-state index contributed by atoms with van der Waals surface area (Å²) in [6.07, 6.45) is -3.78. The van der Waals surface area contributed by atoms with Crippen LogP contribution in [-0.2, 0) is 22.1 Å². The van der Waals surface area contributed by atoms with E-state index >= 15 is 0 Å². The number of halogens is 3. The Labute approximate surface area is 143 Å². The van der Waals surface area contributed by atoms with Gasteiger partial charge >= 0.3 is 12.1 Å². The highest BCUT2D eigenvalue weighted by atomic mass is 19.4. The Balaban J connectivity index is 2.16. The van der Waals surface area contributed by atoms with Crippen LogP contribution in [0.3, 0.4) is 0 Å². The Morgan fingerprint density at radius 3 is 2.12 bits per heavy atom. The molecule has 0 bridgehead atoms. The number of carbonyl (C=O) groups excluding carboxylic acids is 2. The Morgan fingerprint density at radius 2 is 1.60 bits per heavy atom. The van der Waals surface area contributed by atoms with Crippen molar-refractivity contribution in [2.24, 2.45) is 5.92 Å². The number of ether oxygens (including phenoxy) is 1. The average molecular weight is 350 g/mol. The van der Waals surface area contributed by atoms with Crippen LogP contribution in [0, 0.1) is 5.92 Å². The molecule has 0 aliphatic carbocycles. The Kier molecular flexibility index (Phi) is 5.96. The van der Waals surface area contributed by atoms with Gasteiger partial charge in [0, 0.05) is 5.56 Å². The lowest BCUT2D eigenvalue weighted by atomic mass is 9.91. The van der Waals surface area contributed by atoms with Crippen LogP contribution in [0.2, 0.25) is 0 Å². The molecule has 132 valence electrons. The smallest absolute Gasteiger partial charge is 0.416 e. The summed E-state index contributed by atoms with van der Waals surface area (Å²) in [5.41, 5.74) is 0.163. The van der Waals surface area contributed by atoms with Crippen molar-refractivity contribution >= 4 is 11.8 Å². The largest absolute Gasteiger partial charge is 0.468 e. The van der Waals surface area contributed by atoms with Gasteiger partial charge in [-0.15, -0.1) is 0 Å². The van der Waals surface area contributed by atoms with E-state index in [0.717, 1.165) is 29.8 Å².